The molecular weight excluding hydrogens is 404 g/mol. The van der Waals surface area contributed by atoms with Gasteiger partial charge in [-0.15, -0.1) is 0 Å². The fraction of sp³-hybridized carbons (Fsp3) is 0.480. The van der Waals surface area contributed by atoms with Gasteiger partial charge in [-0.1, -0.05) is 26.0 Å². The smallest absolute Gasteiger partial charge is 0.312 e. The maximum atomic E-state index is 13.3. The number of nitrogens with zero attached hydrogens (tertiary/aromatic N) is 3. The highest BCUT2D eigenvalue weighted by Crippen LogP contribution is 2.25. The van der Waals surface area contributed by atoms with Crippen LogP contribution >= 0.6 is 0 Å². The highest BCUT2D eigenvalue weighted by molar-refractivity contribution is 6.35. The Hall–Kier alpha value is -3.09. The Balaban J connectivity index is 1.45. The van der Waals surface area contributed by atoms with E-state index in [1.807, 2.05) is 19.9 Å². The molecule has 0 unspecified atom stereocenters. The summed E-state index contributed by atoms with van der Waals surface area (Å²) >= 11 is 0. The number of carbonyl (C=O) groups is 3. The summed E-state index contributed by atoms with van der Waals surface area (Å²) in [5, 5.41) is 2.74. The van der Waals surface area contributed by atoms with Crippen LogP contribution in [0.5, 0.6) is 0 Å². The van der Waals surface area contributed by atoms with Crippen LogP contribution in [0.2, 0.25) is 0 Å². The van der Waals surface area contributed by atoms with E-state index in [2.05, 4.69) is 48.0 Å². The monoisotopic (exact) mass is 436 g/mol. The first-order valence-electron chi connectivity index (χ1n) is 11.4. The number of piperazine rings is 1. The third kappa shape index (κ3) is 4.42. The summed E-state index contributed by atoms with van der Waals surface area (Å²) in [7, 11) is 0. The SMILES string of the molecule is Cc1cc(C(=O)N2CCN(C(=O)C(=O)NC3CC3)CC2)c(C)n1-c1cccc(C(C)C)c1. The molecule has 3 amide bonds. The fourth-order valence-electron chi connectivity index (χ4n) is 4.30. The highest BCUT2D eigenvalue weighted by Gasteiger charge is 2.32. The highest BCUT2D eigenvalue weighted by atomic mass is 16.2. The minimum atomic E-state index is -0.528. The van der Waals surface area contributed by atoms with Gasteiger partial charge in [0.2, 0.25) is 0 Å². The number of hydrogen-bond acceptors (Lipinski definition) is 3. The number of aromatic nitrogens is 1. The molecule has 1 aliphatic heterocycles. The molecule has 2 fully saturated rings. The van der Waals surface area contributed by atoms with Gasteiger partial charge in [-0.3, -0.25) is 14.4 Å². The number of carbonyl (C=O) groups excluding carboxylic acids is 3. The molecule has 7 nitrogen and oxygen atoms in total. The van der Waals surface area contributed by atoms with Gasteiger partial charge in [-0.2, -0.15) is 0 Å². The molecule has 1 aliphatic carbocycles. The molecule has 170 valence electrons. The van der Waals surface area contributed by atoms with Crippen molar-refractivity contribution in [3.8, 4) is 5.69 Å². The molecule has 4 rings (SSSR count). The normalized spacial score (nSPS) is 16.4. The Morgan fingerprint density at radius 1 is 0.969 bits per heavy atom. The number of aryl methyl sites for hydroxylation is 1. The predicted octanol–water partition coefficient (Wildman–Crippen LogP) is 2.78. The molecule has 0 atom stereocenters. The van der Waals surface area contributed by atoms with Gasteiger partial charge in [0.25, 0.3) is 5.91 Å². The molecule has 0 radical (unpaired) electrons. The maximum Gasteiger partial charge on any atom is 0.312 e. The quantitative estimate of drug-likeness (QED) is 0.749. The summed E-state index contributed by atoms with van der Waals surface area (Å²) < 4.78 is 2.13. The van der Waals surface area contributed by atoms with E-state index in [0.29, 0.717) is 37.7 Å². The fourth-order valence-corrected chi connectivity index (χ4v) is 4.30. The second kappa shape index (κ2) is 8.81. The topological polar surface area (TPSA) is 74.7 Å². The summed E-state index contributed by atoms with van der Waals surface area (Å²) in [6, 6.07) is 10.5. The van der Waals surface area contributed by atoms with Crippen molar-refractivity contribution in [1.29, 1.82) is 0 Å². The van der Waals surface area contributed by atoms with Crippen LogP contribution < -0.4 is 5.32 Å². The van der Waals surface area contributed by atoms with Crippen molar-refractivity contribution in [1.82, 2.24) is 19.7 Å². The molecule has 2 aliphatic rings. The Morgan fingerprint density at radius 2 is 1.62 bits per heavy atom. The summed E-state index contributed by atoms with van der Waals surface area (Å²) in [4.78, 5) is 41.0. The van der Waals surface area contributed by atoms with Gasteiger partial charge in [-0.05, 0) is 56.4 Å². The lowest BCUT2D eigenvalue weighted by molar-refractivity contribution is -0.146. The van der Waals surface area contributed by atoms with E-state index in [4.69, 9.17) is 0 Å². The molecule has 1 aromatic heterocycles. The molecule has 1 saturated carbocycles. The molecule has 32 heavy (non-hydrogen) atoms. The van der Waals surface area contributed by atoms with Crippen LogP contribution in [0.3, 0.4) is 0 Å². The Morgan fingerprint density at radius 3 is 2.25 bits per heavy atom. The van der Waals surface area contributed by atoms with E-state index >= 15 is 0 Å². The predicted molar refractivity (Wildman–Crippen MR) is 123 cm³/mol. The van der Waals surface area contributed by atoms with E-state index < -0.39 is 11.8 Å². The Kier molecular flexibility index (Phi) is 6.09. The van der Waals surface area contributed by atoms with E-state index in [-0.39, 0.29) is 11.9 Å². The van der Waals surface area contributed by atoms with E-state index in [1.165, 1.54) is 5.56 Å². The first-order chi connectivity index (χ1) is 15.3. The molecule has 1 saturated heterocycles. The molecule has 2 aromatic rings. The van der Waals surface area contributed by atoms with Crippen LogP contribution in [0, 0.1) is 13.8 Å². The van der Waals surface area contributed by atoms with Crippen molar-refractivity contribution < 1.29 is 14.4 Å². The zero-order valence-corrected chi connectivity index (χ0v) is 19.4. The van der Waals surface area contributed by atoms with Crippen LogP contribution in [0.25, 0.3) is 5.69 Å². The zero-order valence-electron chi connectivity index (χ0n) is 19.4. The first-order valence-corrected chi connectivity index (χ1v) is 11.4. The van der Waals surface area contributed by atoms with Crippen LogP contribution in [0.1, 0.15) is 59.9 Å². The van der Waals surface area contributed by atoms with Crippen molar-refractivity contribution in [2.75, 3.05) is 26.2 Å². The average Bonchev–Trinajstić information content (AvgIpc) is 3.55. The number of amides is 3. The largest absolute Gasteiger partial charge is 0.345 e. The van der Waals surface area contributed by atoms with Crippen molar-refractivity contribution in [2.45, 2.75) is 52.5 Å². The van der Waals surface area contributed by atoms with Crippen molar-refractivity contribution in [2.24, 2.45) is 0 Å². The summed E-state index contributed by atoms with van der Waals surface area (Å²) in [6.45, 7) is 9.93. The minimum Gasteiger partial charge on any atom is -0.345 e. The van der Waals surface area contributed by atoms with Crippen LogP contribution in [0.15, 0.2) is 30.3 Å². The van der Waals surface area contributed by atoms with Gasteiger partial charge >= 0.3 is 11.8 Å². The molecule has 1 aromatic carbocycles. The van der Waals surface area contributed by atoms with E-state index in [9.17, 15) is 14.4 Å². The van der Waals surface area contributed by atoms with Crippen LogP contribution in [-0.2, 0) is 9.59 Å². The van der Waals surface area contributed by atoms with Gasteiger partial charge in [-0.25, -0.2) is 0 Å². The molecule has 1 N–H and O–H groups in total. The second-order valence-corrected chi connectivity index (χ2v) is 9.20. The van der Waals surface area contributed by atoms with Gasteiger partial charge in [0.1, 0.15) is 0 Å². The maximum absolute atomic E-state index is 13.3. The van der Waals surface area contributed by atoms with E-state index in [1.54, 1.807) is 9.80 Å². The number of hydrogen-bond donors (Lipinski definition) is 1. The summed E-state index contributed by atoms with van der Waals surface area (Å²) in [5.41, 5.74) is 4.92. The Labute approximate surface area is 189 Å². The van der Waals surface area contributed by atoms with Gasteiger partial charge in [0.05, 0.1) is 5.56 Å². The lowest BCUT2D eigenvalue weighted by Crippen LogP contribution is -2.54. The van der Waals surface area contributed by atoms with Crippen LogP contribution in [-0.4, -0.2) is 64.3 Å². The van der Waals surface area contributed by atoms with Gasteiger partial charge in [0.15, 0.2) is 0 Å². The number of rotatable bonds is 4. The van der Waals surface area contributed by atoms with Crippen molar-refractivity contribution in [3.63, 3.8) is 0 Å². The average molecular weight is 437 g/mol. The number of benzene rings is 1. The third-order valence-corrected chi connectivity index (χ3v) is 6.42. The Bertz CT molecular complexity index is 1040. The third-order valence-electron chi connectivity index (χ3n) is 6.42. The molecule has 2 heterocycles. The summed E-state index contributed by atoms with van der Waals surface area (Å²) in [6.07, 6.45) is 1.89. The van der Waals surface area contributed by atoms with Crippen molar-refractivity contribution in [3.05, 3.63) is 52.8 Å². The standard InChI is InChI=1S/C25H32N4O3/c1-16(2)19-6-5-7-21(15-19)29-17(3)14-22(18(29)4)24(31)27-10-12-28(13-11-27)25(32)23(30)26-20-8-9-20/h5-7,14-16,20H,8-13H2,1-4H3,(H,26,30). The first kappa shape index (κ1) is 22.1. The lowest BCUT2D eigenvalue weighted by atomic mass is 10.0. The van der Waals surface area contributed by atoms with Crippen molar-refractivity contribution >= 4 is 17.7 Å². The number of nitrogens with one attached hydrogen (secondary N) is 1. The minimum absolute atomic E-state index is 0.0288. The van der Waals surface area contributed by atoms with E-state index in [0.717, 1.165) is 29.9 Å². The second-order valence-electron chi connectivity index (χ2n) is 9.20. The van der Waals surface area contributed by atoms with Gasteiger partial charge < -0.3 is 19.7 Å². The molecular formula is C25H32N4O3. The molecule has 0 bridgehead atoms. The zero-order chi connectivity index (χ0) is 23.0. The van der Waals surface area contributed by atoms with Gasteiger partial charge in [0, 0.05) is 49.3 Å². The van der Waals surface area contributed by atoms with Crippen LogP contribution in [0.4, 0.5) is 0 Å². The summed E-state index contributed by atoms with van der Waals surface area (Å²) in [5.74, 6) is -0.622. The molecule has 7 heteroatoms. The lowest BCUT2D eigenvalue weighted by Gasteiger charge is -2.34. The molecule has 0 spiro atoms.